The van der Waals surface area contributed by atoms with Crippen LogP contribution in [-0.2, 0) is 14.3 Å². The molecule has 5 heteroatoms. The summed E-state index contributed by atoms with van der Waals surface area (Å²) in [4.78, 5) is 26.7. The highest BCUT2D eigenvalue weighted by atomic mass is 16.7. The standard InChI is InChI=1S/C21H26O5/c1-10-12-5-6-13-19(9-12,16(10)23)21(25)17(24)15-18(3,4)8-7-14(22)20(13,15)11(2)26-21/h7-8,11-13,15,17,24-25H,1,5-6,9H2,2-4H3/t11?,12-,13-,15-,17+,19+,20-,21+/m1/s1. The Hall–Kier alpha value is -1.30. The highest BCUT2D eigenvalue weighted by Gasteiger charge is 2.85. The van der Waals surface area contributed by atoms with Crippen LogP contribution in [0.15, 0.2) is 24.3 Å². The van der Waals surface area contributed by atoms with Crippen molar-refractivity contribution >= 4 is 11.6 Å². The summed E-state index contributed by atoms with van der Waals surface area (Å²) in [7, 11) is 0. The van der Waals surface area contributed by atoms with E-state index in [1.54, 1.807) is 6.08 Å². The molecule has 2 spiro atoms. The lowest BCUT2D eigenvalue weighted by Gasteiger charge is -2.73. The van der Waals surface area contributed by atoms with Gasteiger partial charge in [0.25, 0.3) is 0 Å². The van der Waals surface area contributed by atoms with Gasteiger partial charge in [0.1, 0.15) is 6.10 Å². The summed E-state index contributed by atoms with van der Waals surface area (Å²) in [6.45, 7) is 9.75. The molecular formula is C21H26O5. The topological polar surface area (TPSA) is 83.8 Å². The zero-order valence-corrected chi connectivity index (χ0v) is 15.5. The van der Waals surface area contributed by atoms with Gasteiger partial charge in [-0.3, -0.25) is 9.59 Å². The van der Waals surface area contributed by atoms with E-state index in [4.69, 9.17) is 4.74 Å². The third-order valence-electron chi connectivity index (χ3n) is 8.53. The molecule has 6 rings (SSSR count). The molecule has 140 valence electrons. The average Bonchev–Trinajstić information content (AvgIpc) is 2.76. The predicted octanol–water partition coefficient (Wildman–Crippen LogP) is 1.78. The van der Waals surface area contributed by atoms with Gasteiger partial charge in [-0.1, -0.05) is 26.5 Å². The van der Waals surface area contributed by atoms with E-state index in [9.17, 15) is 19.8 Å². The SMILES string of the molecule is C=C1C(=O)[C@]23C[C@H]1CC[C@H]2[C@]12C(=O)C=CC(C)(C)[C@H]1[C@H](O)[C@]3(O)OC2C. The zero-order valence-electron chi connectivity index (χ0n) is 15.5. The van der Waals surface area contributed by atoms with Gasteiger partial charge < -0.3 is 14.9 Å². The molecule has 0 aromatic heterocycles. The molecule has 2 heterocycles. The van der Waals surface area contributed by atoms with Gasteiger partial charge in [0.15, 0.2) is 11.6 Å². The zero-order chi connectivity index (χ0) is 18.9. The molecule has 4 aliphatic carbocycles. The third-order valence-corrected chi connectivity index (χ3v) is 8.53. The number of hydrogen-bond acceptors (Lipinski definition) is 5. The quantitative estimate of drug-likeness (QED) is 0.645. The molecule has 5 fully saturated rings. The predicted molar refractivity (Wildman–Crippen MR) is 92.8 cm³/mol. The van der Waals surface area contributed by atoms with Crippen molar-refractivity contribution in [3.63, 3.8) is 0 Å². The first-order chi connectivity index (χ1) is 12.0. The number of ketones is 2. The van der Waals surface area contributed by atoms with Crippen molar-refractivity contribution in [3.05, 3.63) is 24.3 Å². The van der Waals surface area contributed by atoms with E-state index in [-0.39, 0.29) is 23.4 Å². The fraction of sp³-hybridized carbons (Fsp3) is 0.714. The number of allylic oxidation sites excluding steroid dienone is 3. The van der Waals surface area contributed by atoms with E-state index in [0.717, 1.165) is 6.42 Å². The Kier molecular flexibility index (Phi) is 2.85. The molecule has 5 nitrogen and oxygen atoms in total. The number of aliphatic hydroxyl groups excluding tert-OH is 1. The van der Waals surface area contributed by atoms with Gasteiger partial charge in [-0.15, -0.1) is 0 Å². The number of carbonyl (C=O) groups is 2. The number of aliphatic hydroxyl groups is 2. The minimum absolute atomic E-state index is 0.00493. The Bertz CT molecular complexity index is 796. The highest BCUT2D eigenvalue weighted by molar-refractivity contribution is 6.06. The Morgan fingerprint density at radius 1 is 1.27 bits per heavy atom. The Morgan fingerprint density at radius 2 is 1.96 bits per heavy atom. The highest BCUT2D eigenvalue weighted by Crippen LogP contribution is 2.76. The first-order valence-corrected chi connectivity index (χ1v) is 9.60. The maximum absolute atomic E-state index is 13.4. The van der Waals surface area contributed by atoms with Gasteiger partial charge in [0.05, 0.1) is 16.9 Å². The second kappa shape index (κ2) is 4.40. The summed E-state index contributed by atoms with van der Waals surface area (Å²) in [5, 5.41) is 23.0. The number of rotatable bonds is 0. The number of carbonyl (C=O) groups excluding carboxylic acids is 2. The van der Waals surface area contributed by atoms with Crippen molar-refractivity contribution in [3.8, 4) is 0 Å². The molecule has 2 N–H and O–H groups in total. The van der Waals surface area contributed by atoms with Crippen LogP contribution in [0.25, 0.3) is 0 Å². The number of Topliss-reactive ketones (excluding diaryl/α,β-unsaturated/α-hetero) is 1. The molecule has 0 aromatic carbocycles. The summed E-state index contributed by atoms with van der Waals surface area (Å²) < 4.78 is 6.01. The van der Waals surface area contributed by atoms with Crippen molar-refractivity contribution in [1.29, 1.82) is 0 Å². The Balaban J connectivity index is 1.85. The van der Waals surface area contributed by atoms with Crippen LogP contribution in [-0.4, -0.2) is 39.8 Å². The van der Waals surface area contributed by atoms with Crippen LogP contribution in [0.2, 0.25) is 0 Å². The summed E-state index contributed by atoms with van der Waals surface area (Å²) in [5.74, 6) is -3.08. The van der Waals surface area contributed by atoms with Crippen LogP contribution < -0.4 is 0 Å². The first-order valence-electron chi connectivity index (χ1n) is 9.60. The summed E-state index contributed by atoms with van der Waals surface area (Å²) in [5.41, 5.74) is -2.22. The Labute approximate surface area is 153 Å². The molecule has 6 aliphatic rings. The van der Waals surface area contributed by atoms with Gasteiger partial charge in [0.2, 0.25) is 5.79 Å². The van der Waals surface area contributed by atoms with E-state index >= 15 is 0 Å². The summed E-state index contributed by atoms with van der Waals surface area (Å²) in [6.07, 6.45) is 3.46. The number of hydrogen-bond donors (Lipinski definition) is 2. The van der Waals surface area contributed by atoms with Gasteiger partial charge in [-0.2, -0.15) is 0 Å². The largest absolute Gasteiger partial charge is 0.387 e. The van der Waals surface area contributed by atoms with Gasteiger partial charge >= 0.3 is 0 Å². The molecule has 4 bridgehead atoms. The minimum atomic E-state index is -1.97. The summed E-state index contributed by atoms with van der Waals surface area (Å²) in [6, 6.07) is 0. The maximum Gasteiger partial charge on any atom is 0.206 e. The molecule has 3 saturated carbocycles. The first kappa shape index (κ1) is 16.8. The minimum Gasteiger partial charge on any atom is -0.387 e. The third kappa shape index (κ3) is 1.36. The van der Waals surface area contributed by atoms with Gasteiger partial charge in [-0.25, -0.2) is 0 Å². The van der Waals surface area contributed by atoms with Crippen LogP contribution in [0.4, 0.5) is 0 Å². The van der Waals surface area contributed by atoms with Gasteiger partial charge in [0, 0.05) is 5.92 Å². The lowest BCUT2D eigenvalue weighted by atomic mass is 9.36. The molecule has 0 aromatic rings. The van der Waals surface area contributed by atoms with E-state index in [1.807, 2.05) is 26.8 Å². The number of fused-ring (bicyclic) bond motifs is 2. The molecule has 2 aliphatic heterocycles. The molecule has 1 unspecified atom stereocenters. The molecule has 8 atom stereocenters. The van der Waals surface area contributed by atoms with Crippen molar-refractivity contribution < 1.29 is 24.5 Å². The van der Waals surface area contributed by atoms with Crippen LogP contribution in [0, 0.1) is 34.0 Å². The lowest BCUT2D eigenvalue weighted by molar-refractivity contribution is -0.441. The second-order valence-corrected chi connectivity index (χ2v) is 9.69. The van der Waals surface area contributed by atoms with Crippen LogP contribution in [0.1, 0.15) is 40.0 Å². The van der Waals surface area contributed by atoms with Crippen molar-refractivity contribution in [2.24, 2.45) is 34.0 Å². The van der Waals surface area contributed by atoms with Crippen molar-refractivity contribution in [2.45, 2.75) is 58.0 Å². The van der Waals surface area contributed by atoms with Crippen LogP contribution >= 0.6 is 0 Å². The lowest BCUT2D eigenvalue weighted by Crippen LogP contribution is -2.84. The smallest absolute Gasteiger partial charge is 0.206 e. The molecule has 0 radical (unpaired) electrons. The van der Waals surface area contributed by atoms with Crippen molar-refractivity contribution in [1.82, 2.24) is 0 Å². The average molecular weight is 358 g/mol. The van der Waals surface area contributed by atoms with E-state index < -0.39 is 40.2 Å². The second-order valence-electron chi connectivity index (χ2n) is 9.69. The van der Waals surface area contributed by atoms with E-state index in [1.165, 1.54) is 0 Å². The van der Waals surface area contributed by atoms with Gasteiger partial charge in [-0.05, 0) is 55.1 Å². The monoisotopic (exact) mass is 358 g/mol. The Morgan fingerprint density at radius 3 is 2.65 bits per heavy atom. The maximum atomic E-state index is 13.4. The molecular weight excluding hydrogens is 332 g/mol. The van der Waals surface area contributed by atoms with E-state index in [0.29, 0.717) is 18.4 Å². The molecule has 0 amide bonds. The van der Waals surface area contributed by atoms with Crippen LogP contribution in [0.3, 0.4) is 0 Å². The fourth-order valence-corrected chi connectivity index (χ4v) is 7.60. The van der Waals surface area contributed by atoms with Crippen molar-refractivity contribution in [2.75, 3.05) is 0 Å². The number of ether oxygens (including phenoxy) is 1. The molecule has 2 saturated heterocycles. The normalized spacial score (nSPS) is 56.5. The van der Waals surface area contributed by atoms with Crippen LogP contribution in [0.5, 0.6) is 0 Å². The van der Waals surface area contributed by atoms with E-state index in [2.05, 4.69) is 6.58 Å². The fourth-order valence-electron chi connectivity index (χ4n) is 7.60. The summed E-state index contributed by atoms with van der Waals surface area (Å²) >= 11 is 0. The molecule has 26 heavy (non-hydrogen) atoms.